The summed E-state index contributed by atoms with van der Waals surface area (Å²) < 4.78 is 5.70. The van der Waals surface area contributed by atoms with Gasteiger partial charge in [0.05, 0.1) is 6.10 Å². The first kappa shape index (κ1) is 12.6. The zero-order chi connectivity index (χ0) is 13.1. The van der Waals surface area contributed by atoms with Gasteiger partial charge in [-0.25, -0.2) is 0 Å². The van der Waals surface area contributed by atoms with Crippen molar-refractivity contribution in [3.8, 4) is 0 Å². The lowest BCUT2D eigenvalue weighted by molar-refractivity contribution is 0.0946. The van der Waals surface area contributed by atoms with Crippen LogP contribution in [0.1, 0.15) is 30.9 Å². The van der Waals surface area contributed by atoms with Crippen molar-refractivity contribution < 1.29 is 4.74 Å². The Balaban J connectivity index is 1.83. The molecule has 0 bridgehead atoms. The lowest BCUT2D eigenvalue weighted by atomic mass is 9.97. The van der Waals surface area contributed by atoms with E-state index in [1.807, 2.05) is 0 Å². The highest BCUT2D eigenvalue weighted by Crippen LogP contribution is 2.26. The molecule has 3 nitrogen and oxygen atoms in total. The Kier molecular flexibility index (Phi) is 3.78. The Labute approximate surface area is 113 Å². The third-order valence-electron chi connectivity index (χ3n) is 3.90. The maximum Gasteiger partial charge on any atom is 0.0594 e. The minimum Gasteiger partial charge on any atom is -0.378 e. The van der Waals surface area contributed by atoms with Crippen LogP contribution in [0.25, 0.3) is 10.8 Å². The number of rotatable bonds is 4. The number of nitrogens with two attached hydrogens (primary N) is 1. The zero-order valence-corrected chi connectivity index (χ0v) is 11.0. The molecule has 0 aliphatic carbocycles. The predicted molar refractivity (Wildman–Crippen MR) is 77.6 cm³/mol. The molecule has 0 radical (unpaired) electrons. The Bertz CT molecular complexity index is 549. The summed E-state index contributed by atoms with van der Waals surface area (Å²) in [6.45, 7) is 0.889. The molecule has 2 aromatic rings. The van der Waals surface area contributed by atoms with Gasteiger partial charge in [-0.3, -0.25) is 11.3 Å². The van der Waals surface area contributed by atoms with Gasteiger partial charge in [0.15, 0.2) is 0 Å². The van der Waals surface area contributed by atoms with Gasteiger partial charge in [0.25, 0.3) is 0 Å². The molecule has 2 atom stereocenters. The molecule has 3 N–H and O–H groups in total. The van der Waals surface area contributed by atoms with E-state index in [-0.39, 0.29) is 6.04 Å². The van der Waals surface area contributed by atoms with Gasteiger partial charge in [0.2, 0.25) is 0 Å². The maximum atomic E-state index is 5.72. The molecule has 1 saturated heterocycles. The molecular weight excluding hydrogens is 236 g/mol. The Morgan fingerprint density at radius 1 is 1.21 bits per heavy atom. The highest BCUT2D eigenvalue weighted by atomic mass is 16.5. The van der Waals surface area contributed by atoms with Crippen LogP contribution < -0.4 is 11.3 Å². The monoisotopic (exact) mass is 256 g/mol. The summed E-state index contributed by atoms with van der Waals surface area (Å²) in [6, 6.07) is 15.1. The Hall–Kier alpha value is -1.42. The van der Waals surface area contributed by atoms with E-state index in [0.717, 1.165) is 19.4 Å². The summed E-state index contributed by atoms with van der Waals surface area (Å²) in [5.74, 6) is 5.72. The normalized spacial score (nSPS) is 20.8. The summed E-state index contributed by atoms with van der Waals surface area (Å²) in [6.07, 6.45) is 3.59. The molecule has 0 amide bonds. The van der Waals surface area contributed by atoms with Gasteiger partial charge in [0.1, 0.15) is 0 Å². The van der Waals surface area contributed by atoms with E-state index in [9.17, 15) is 0 Å². The molecular formula is C16H20N2O. The van der Waals surface area contributed by atoms with Crippen molar-refractivity contribution in [1.29, 1.82) is 0 Å². The van der Waals surface area contributed by atoms with E-state index in [2.05, 4.69) is 47.9 Å². The number of benzene rings is 2. The topological polar surface area (TPSA) is 47.3 Å². The highest BCUT2D eigenvalue weighted by Gasteiger charge is 2.21. The molecule has 3 rings (SSSR count). The minimum atomic E-state index is 0.160. The van der Waals surface area contributed by atoms with Crippen molar-refractivity contribution in [1.82, 2.24) is 5.43 Å². The second-order valence-corrected chi connectivity index (χ2v) is 5.20. The number of fused-ring (bicyclic) bond motifs is 1. The number of hydrogen-bond acceptors (Lipinski definition) is 3. The summed E-state index contributed by atoms with van der Waals surface area (Å²) in [4.78, 5) is 0. The smallest absolute Gasteiger partial charge is 0.0594 e. The number of hydrogen-bond donors (Lipinski definition) is 2. The van der Waals surface area contributed by atoms with Gasteiger partial charge < -0.3 is 4.74 Å². The van der Waals surface area contributed by atoms with Crippen LogP contribution in [-0.2, 0) is 4.74 Å². The molecule has 0 aromatic heterocycles. The van der Waals surface area contributed by atoms with E-state index < -0.39 is 0 Å². The van der Waals surface area contributed by atoms with Crippen LogP contribution in [0.5, 0.6) is 0 Å². The fourth-order valence-electron chi connectivity index (χ4n) is 2.82. The van der Waals surface area contributed by atoms with Gasteiger partial charge >= 0.3 is 0 Å². The van der Waals surface area contributed by atoms with E-state index in [0.29, 0.717) is 6.10 Å². The maximum absolute atomic E-state index is 5.72. The van der Waals surface area contributed by atoms with Crippen LogP contribution in [-0.4, -0.2) is 12.7 Å². The second-order valence-electron chi connectivity index (χ2n) is 5.20. The Morgan fingerprint density at radius 3 is 2.79 bits per heavy atom. The fraction of sp³-hybridized carbons (Fsp3) is 0.375. The molecule has 0 spiro atoms. The summed E-state index contributed by atoms with van der Waals surface area (Å²) in [5, 5.41) is 2.52. The lowest BCUT2D eigenvalue weighted by Crippen LogP contribution is -2.30. The predicted octanol–water partition coefficient (Wildman–Crippen LogP) is 2.91. The van der Waals surface area contributed by atoms with Gasteiger partial charge in [-0.05, 0) is 41.7 Å². The van der Waals surface area contributed by atoms with Crippen LogP contribution in [0.2, 0.25) is 0 Å². The largest absolute Gasteiger partial charge is 0.378 e. The van der Waals surface area contributed by atoms with E-state index >= 15 is 0 Å². The van der Waals surface area contributed by atoms with Crippen LogP contribution in [0.15, 0.2) is 42.5 Å². The van der Waals surface area contributed by atoms with Crippen molar-refractivity contribution in [3.63, 3.8) is 0 Å². The number of hydrazine groups is 1. The van der Waals surface area contributed by atoms with Crippen molar-refractivity contribution in [2.24, 2.45) is 5.84 Å². The highest BCUT2D eigenvalue weighted by molar-refractivity contribution is 5.83. The van der Waals surface area contributed by atoms with Gasteiger partial charge in [-0.15, -0.1) is 0 Å². The average Bonchev–Trinajstić information content (AvgIpc) is 2.97. The standard InChI is InChI=1S/C16H20N2O/c17-18-16(11-15-6-3-9-19-15)14-8-7-12-4-1-2-5-13(12)10-14/h1-2,4-5,7-8,10,15-16,18H,3,6,9,11,17H2. The van der Waals surface area contributed by atoms with E-state index in [1.165, 1.54) is 22.8 Å². The van der Waals surface area contributed by atoms with Crippen LogP contribution >= 0.6 is 0 Å². The van der Waals surface area contributed by atoms with Crippen LogP contribution in [0.3, 0.4) is 0 Å². The molecule has 2 aromatic carbocycles. The van der Waals surface area contributed by atoms with E-state index in [1.54, 1.807) is 0 Å². The summed E-state index contributed by atoms with van der Waals surface area (Å²) >= 11 is 0. The number of ether oxygens (including phenoxy) is 1. The van der Waals surface area contributed by atoms with Gasteiger partial charge in [-0.2, -0.15) is 0 Å². The molecule has 1 heterocycles. The summed E-state index contributed by atoms with van der Waals surface area (Å²) in [5.41, 5.74) is 4.16. The van der Waals surface area contributed by atoms with Crippen molar-refractivity contribution in [3.05, 3.63) is 48.0 Å². The zero-order valence-electron chi connectivity index (χ0n) is 11.0. The van der Waals surface area contributed by atoms with Crippen molar-refractivity contribution in [2.75, 3.05) is 6.61 Å². The van der Waals surface area contributed by atoms with Crippen molar-refractivity contribution in [2.45, 2.75) is 31.4 Å². The molecule has 100 valence electrons. The molecule has 1 aliphatic rings. The molecule has 3 heteroatoms. The molecule has 1 fully saturated rings. The van der Waals surface area contributed by atoms with Gasteiger partial charge in [-0.1, -0.05) is 36.4 Å². The van der Waals surface area contributed by atoms with Crippen LogP contribution in [0, 0.1) is 0 Å². The summed E-state index contributed by atoms with van der Waals surface area (Å²) in [7, 11) is 0. The first-order chi connectivity index (χ1) is 9.36. The third kappa shape index (κ3) is 2.78. The molecule has 2 unspecified atom stereocenters. The third-order valence-corrected chi connectivity index (χ3v) is 3.90. The first-order valence-corrected chi connectivity index (χ1v) is 6.93. The molecule has 1 aliphatic heterocycles. The van der Waals surface area contributed by atoms with Gasteiger partial charge in [0, 0.05) is 12.6 Å². The van der Waals surface area contributed by atoms with Crippen LogP contribution in [0.4, 0.5) is 0 Å². The minimum absolute atomic E-state index is 0.160. The Morgan fingerprint density at radius 2 is 2.05 bits per heavy atom. The first-order valence-electron chi connectivity index (χ1n) is 6.93. The SMILES string of the molecule is NNC(CC1CCCO1)c1ccc2ccccc2c1. The second kappa shape index (κ2) is 5.70. The average molecular weight is 256 g/mol. The van der Waals surface area contributed by atoms with Crippen molar-refractivity contribution >= 4 is 10.8 Å². The molecule has 19 heavy (non-hydrogen) atoms. The quantitative estimate of drug-likeness (QED) is 0.653. The lowest BCUT2D eigenvalue weighted by Gasteiger charge is -2.20. The van der Waals surface area contributed by atoms with E-state index in [4.69, 9.17) is 10.6 Å². The molecule has 0 saturated carbocycles. The number of nitrogens with one attached hydrogen (secondary N) is 1. The fourth-order valence-corrected chi connectivity index (χ4v) is 2.82.